The van der Waals surface area contributed by atoms with Gasteiger partial charge in [0.25, 0.3) is 0 Å². The summed E-state index contributed by atoms with van der Waals surface area (Å²) in [6.45, 7) is 0.994. The number of hydrogen-bond acceptors (Lipinski definition) is 2. The van der Waals surface area contributed by atoms with E-state index in [2.05, 4.69) is 35.7 Å². The van der Waals surface area contributed by atoms with Gasteiger partial charge in [-0.3, -0.25) is 0 Å². The van der Waals surface area contributed by atoms with E-state index in [0.29, 0.717) is 0 Å². The van der Waals surface area contributed by atoms with Crippen LogP contribution in [0.1, 0.15) is 41.7 Å². The van der Waals surface area contributed by atoms with Crippen molar-refractivity contribution >= 4 is 0 Å². The molecule has 2 heterocycles. The van der Waals surface area contributed by atoms with Crippen LogP contribution in [-0.4, -0.2) is 6.04 Å². The summed E-state index contributed by atoms with van der Waals surface area (Å²) in [5, 5.41) is 3.58. The van der Waals surface area contributed by atoms with E-state index in [-0.39, 0.29) is 12.2 Å². The average molecular weight is 213 g/mol. The Kier molecular flexibility index (Phi) is 1.79. The first-order chi connectivity index (χ1) is 7.92. The second-order valence-electron chi connectivity index (χ2n) is 4.94. The molecule has 82 valence electrons. The van der Waals surface area contributed by atoms with Gasteiger partial charge in [-0.2, -0.15) is 0 Å². The molecular weight excluding hydrogens is 198 g/mol. The first kappa shape index (κ1) is 8.97. The van der Waals surface area contributed by atoms with Crippen molar-refractivity contribution in [1.82, 2.24) is 5.32 Å². The zero-order valence-corrected chi connectivity index (χ0v) is 9.15. The van der Waals surface area contributed by atoms with E-state index in [4.69, 9.17) is 4.74 Å². The zero-order chi connectivity index (χ0) is 10.5. The molecule has 0 aromatic heterocycles. The number of nitrogens with one attached hydrogen (secondary N) is 1. The van der Waals surface area contributed by atoms with Crippen molar-refractivity contribution in [1.29, 1.82) is 0 Å². The van der Waals surface area contributed by atoms with Gasteiger partial charge in [-0.1, -0.05) is 30.4 Å². The Bertz CT molecular complexity index is 462. The van der Waals surface area contributed by atoms with Crippen molar-refractivity contribution < 1.29 is 4.74 Å². The second-order valence-corrected chi connectivity index (χ2v) is 4.94. The molecule has 3 aliphatic rings. The standard InChI is InChI=1S/C14H15NO/c1-2-9(8-15-10-4-5-10)14-11(3-1)12-6-7-13(14)16-12/h1-3,6-7,10,12-13,15H,4-5,8H2. The Balaban J connectivity index is 1.67. The third-order valence-electron chi connectivity index (χ3n) is 3.73. The van der Waals surface area contributed by atoms with Crippen LogP contribution in [0.4, 0.5) is 0 Å². The topological polar surface area (TPSA) is 21.3 Å². The third kappa shape index (κ3) is 1.27. The minimum atomic E-state index is 0.220. The van der Waals surface area contributed by atoms with Gasteiger partial charge in [0.1, 0.15) is 12.2 Å². The van der Waals surface area contributed by atoms with Crippen molar-refractivity contribution in [3.05, 3.63) is 47.0 Å². The molecule has 2 bridgehead atoms. The highest BCUT2D eigenvalue weighted by Crippen LogP contribution is 2.47. The van der Waals surface area contributed by atoms with E-state index in [1.165, 1.54) is 29.5 Å². The van der Waals surface area contributed by atoms with Crippen LogP contribution >= 0.6 is 0 Å². The predicted octanol–water partition coefficient (Wildman–Crippen LogP) is 2.62. The zero-order valence-electron chi connectivity index (χ0n) is 9.15. The van der Waals surface area contributed by atoms with Crippen LogP contribution in [0.2, 0.25) is 0 Å². The number of fused-ring (bicyclic) bond motifs is 5. The van der Waals surface area contributed by atoms with Gasteiger partial charge in [0.05, 0.1) is 0 Å². The Morgan fingerprint density at radius 1 is 1.19 bits per heavy atom. The quantitative estimate of drug-likeness (QED) is 0.779. The van der Waals surface area contributed by atoms with Crippen molar-refractivity contribution in [2.24, 2.45) is 0 Å². The van der Waals surface area contributed by atoms with E-state index < -0.39 is 0 Å². The van der Waals surface area contributed by atoms with E-state index in [1.807, 2.05) is 0 Å². The van der Waals surface area contributed by atoms with E-state index in [9.17, 15) is 0 Å². The van der Waals surface area contributed by atoms with Crippen LogP contribution < -0.4 is 5.32 Å². The van der Waals surface area contributed by atoms with E-state index in [1.54, 1.807) is 0 Å². The molecule has 1 fully saturated rings. The normalized spacial score (nSPS) is 29.8. The summed E-state index contributed by atoms with van der Waals surface area (Å²) >= 11 is 0. The molecule has 0 radical (unpaired) electrons. The van der Waals surface area contributed by atoms with Gasteiger partial charge in [-0.15, -0.1) is 0 Å². The number of rotatable bonds is 3. The maximum absolute atomic E-state index is 5.87. The van der Waals surface area contributed by atoms with Crippen LogP contribution in [0.15, 0.2) is 30.4 Å². The first-order valence-electron chi connectivity index (χ1n) is 6.11. The molecule has 4 rings (SSSR count). The summed E-state index contributed by atoms with van der Waals surface area (Å²) in [6, 6.07) is 7.35. The highest BCUT2D eigenvalue weighted by atomic mass is 16.5. The molecule has 16 heavy (non-hydrogen) atoms. The lowest BCUT2D eigenvalue weighted by Gasteiger charge is -2.13. The minimum Gasteiger partial charge on any atom is -0.357 e. The molecule has 1 aromatic carbocycles. The van der Waals surface area contributed by atoms with Gasteiger partial charge in [0.15, 0.2) is 0 Å². The molecule has 2 atom stereocenters. The molecule has 1 aromatic rings. The molecule has 1 saturated carbocycles. The summed E-state index contributed by atoms with van der Waals surface area (Å²) in [5.41, 5.74) is 4.21. The Hall–Kier alpha value is -1.12. The third-order valence-corrected chi connectivity index (χ3v) is 3.73. The number of ether oxygens (including phenoxy) is 1. The summed E-state index contributed by atoms with van der Waals surface area (Å²) in [4.78, 5) is 0. The minimum absolute atomic E-state index is 0.220. The molecule has 0 saturated heterocycles. The fourth-order valence-corrected chi connectivity index (χ4v) is 2.72. The van der Waals surface area contributed by atoms with Crippen molar-refractivity contribution in [2.75, 3.05) is 0 Å². The molecule has 2 aliphatic heterocycles. The summed E-state index contributed by atoms with van der Waals surface area (Å²) in [5.74, 6) is 0. The lowest BCUT2D eigenvalue weighted by molar-refractivity contribution is 0.0875. The van der Waals surface area contributed by atoms with Gasteiger partial charge in [-0.25, -0.2) is 0 Å². The molecule has 1 aliphatic carbocycles. The molecule has 2 heteroatoms. The maximum atomic E-state index is 5.87. The smallest absolute Gasteiger partial charge is 0.103 e. The molecule has 0 amide bonds. The monoisotopic (exact) mass is 213 g/mol. The molecule has 2 nitrogen and oxygen atoms in total. The number of hydrogen-bond donors (Lipinski definition) is 1. The summed E-state index contributed by atoms with van der Waals surface area (Å²) in [6.07, 6.45) is 7.49. The van der Waals surface area contributed by atoms with Gasteiger partial charge in [0.2, 0.25) is 0 Å². The molecule has 0 spiro atoms. The van der Waals surface area contributed by atoms with Crippen molar-refractivity contribution in [3.63, 3.8) is 0 Å². The lowest BCUT2D eigenvalue weighted by atomic mass is 9.92. The highest BCUT2D eigenvalue weighted by molar-refractivity contribution is 5.47. The molecule has 2 unspecified atom stereocenters. The van der Waals surface area contributed by atoms with Crippen LogP contribution in [-0.2, 0) is 11.3 Å². The summed E-state index contributed by atoms with van der Waals surface area (Å²) in [7, 11) is 0. The Labute approximate surface area is 95.3 Å². The van der Waals surface area contributed by atoms with Crippen molar-refractivity contribution in [2.45, 2.75) is 37.6 Å². The Morgan fingerprint density at radius 3 is 2.94 bits per heavy atom. The van der Waals surface area contributed by atoms with Crippen LogP contribution in [0.25, 0.3) is 0 Å². The fraction of sp³-hybridized carbons (Fsp3) is 0.429. The Morgan fingerprint density at radius 2 is 2.06 bits per heavy atom. The highest BCUT2D eigenvalue weighted by Gasteiger charge is 2.35. The van der Waals surface area contributed by atoms with Crippen LogP contribution in [0, 0.1) is 0 Å². The van der Waals surface area contributed by atoms with Crippen LogP contribution in [0.3, 0.4) is 0 Å². The molecule has 1 N–H and O–H groups in total. The fourth-order valence-electron chi connectivity index (χ4n) is 2.72. The van der Waals surface area contributed by atoms with Crippen LogP contribution in [0.5, 0.6) is 0 Å². The maximum Gasteiger partial charge on any atom is 0.103 e. The second kappa shape index (κ2) is 3.19. The van der Waals surface area contributed by atoms with E-state index >= 15 is 0 Å². The predicted molar refractivity (Wildman–Crippen MR) is 62.0 cm³/mol. The SMILES string of the molecule is C1=CC2OC1c1cccc(CNC3CC3)c12. The van der Waals surface area contributed by atoms with E-state index in [0.717, 1.165) is 12.6 Å². The summed E-state index contributed by atoms with van der Waals surface area (Å²) < 4.78 is 5.87. The first-order valence-corrected chi connectivity index (χ1v) is 6.11. The lowest BCUT2D eigenvalue weighted by Crippen LogP contribution is -2.17. The van der Waals surface area contributed by atoms with Gasteiger partial charge in [0, 0.05) is 12.6 Å². The van der Waals surface area contributed by atoms with Gasteiger partial charge in [-0.05, 0) is 29.5 Å². The van der Waals surface area contributed by atoms with Crippen molar-refractivity contribution in [3.8, 4) is 0 Å². The van der Waals surface area contributed by atoms with Gasteiger partial charge < -0.3 is 10.1 Å². The average Bonchev–Trinajstić information content (AvgIpc) is 2.92. The van der Waals surface area contributed by atoms with Gasteiger partial charge >= 0.3 is 0 Å². The largest absolute Gasteiger partial charge is 0.357 e. The number of benzene rings is 1. The molecular formula is C14H15NO.